The molecule has 5 rings (SSSR count). The Morgan fingerprint density at radius 3 is 2.48 bits per heavy atom. The zero-order valence-corrected chi connectivity index (χ0v) is 15.7. The molecule has 0 N–H and O–H groups in total. The summed E-state index contributed by atoms with van der Waals surface area (Å²) >= 11 is 0. The van der Waals surface area contributed by atoms with Crippen molar-refractivity contribution in [3.63, 3.8) is 0 Å². The van der Waals surface area contributed by atoms with Crippen LogP contribution in [0.25, 0.3) is 0 Å². The maximum atomic E-state index is 6.31. The van der Waals surface area contributed by atoms with E-state index >= 15 is 0 Å². The van der Waals surface area contributed by atoms with Crippen molar-refractivity contribution in [3.8, 4) is 0 Å². The molecule has 0 amide bonds. The van der Waals surface area contributed by atoms with Crippen molar-refractivity contribution in [1.82, 2.24) is 0 Å². The highest BCUT2D eigenvalue weighted by molar-refractivity contribution is 5.27. The lowest BCUT2D eigenvalue weighted by Crippen LogP contribution is -2.48. The number of hydrogen-bond donors (Lipinski definition) is 0. The van der Waals surface area contributed by atoms with Crippen LogP contribution in [0.4, 0.5) is 0 Å². The predicted molar refractivity (Wildman–Crippen MR) is 98.6 cm³/mol. The van der Waals surface area contributed by atoms with Gasteiger partial charge in [-0.25, -0.2) is 0 Å². The van der Waals surface area contributed by atoms with Crippen LogP contribution < -0.4 is 0 Å². The van der Waals surface area contributed by atoms with Crippen LogP contribution in [-0.4, -0.2) is 37.0 Å². The van der Waals surface area contributed by atoms with Gasteiger partial charge in [0.25, 0.3) is 0 Å². The molecule has 0 aromatic heterocycles. The van der Waals surface area contributed by atoms with Crippen molar-refractivity contribution in [2.45, 2.75) is 70.0 Å². The monoisotopic (exact) mass is 370 g/mol. The van der Waals surface area contributed by atoms with Gasteiger partial charge >= 0.3 is 0 Å². The fraction of sp³-hybridized carbons (Fsp3) is 0.545. The Balaban J connectivity index is 1.35. The average Bonchev–Trinajstić information content (AvgIpc) is 3.26. The lowest BCUT2D eigenvalue weighted by atomic mass is 9.98. The first-order chi connectivity index (χ1) is 13.2. The van der Waals surface area contributed by atoms with E-state index in [-0.39, 0.29) is 30.7 Å². The fourth-order valence-electron chi connectivity index (χ4n) is 4.35. The second kappa shape index (κ2) is 7.15. The normalized spacial score (nSPS) is 43.3. The minimum Gasteiger partial charge on any atom is -0.342 e. The third kappa shape index (κ3) is 3.18. The van der Waals surface area contributed by atoms with Crippen LogP contribution in [-0.2, 0) is 23.7 Å². The third-order valence-corrected chi connectivity index (χ3v) is 5.73. The highest BCUT2D eigenvalue weighted by atomic mass is 16.8. The molecule has 5 heteroatoms. The summed E-state index contributed by atoms with van der Waals surface area (Å²) in [6.07, 6.45) is 6.54. The summed E-state index contributed by atoms with van der Waals surface area (Å²) in [5.74, 6) is 0.498. The Kier molecular flexibility index (Phi) is 4.66. The van der Waals surface area contributed by atoms with Crippen molar-refractivity contribution >= 4 is 0 Å². The minimum atomic E-state index is -0.413. The summed E-state index contributed by atoms with van der Waals surface area (Å²) in [5.41, 5.74) is 2.09. The number of hydrogen-bond acceptors (Lipinski definition) is 5. The molecule has 0 radical (unpaired) electrons. The molecule has 1 aromatic carbocycles. The molecule has 4 aliphatic rings. The third-order valence-electron chi connectivity index (χ3n) is 5.73. The molecular weight excluding hydrogens is 344 g/mol. The van der Waals surface area contributed by atoms with Crippen molar-refractivity contribution in [1.29, 1.82) is 0 Å². The molecule has 0 bridgehead atoms. The summed E-state index contributed by atoms with van der Waals surface area (Å²) in [7, 11) is 0. The van der Waals surface area contributed by atoms with Crippen LogP contribution in [0.2, 0.25) is 0 Å². The molecule has 1 aliphatic carbocycles. The Bertz CT molecular complexity index is 729. The molecule has 3 aliphatic heterocycles. The van der Waals surface area contributed by atoms with Gasteiger partial charge in [0.2, 0.25) is 0 Å². The molecule has 5 nitrogen and oxygen atoms in total. The molecule has 1 aromatic rings. The van der Waals surface area contributed by atoms with Gasteiger partial charge in [0, 0.05) is 11.1 Å². The van der Waals surface area contributed by atoms with E-state index in [1.807, 2.05) is 30.3 Å². The number of rotatable bonds is 3. The minimum absolute atomic E-state index is 0.0426. The Labute approximate surface area is 159 Å². The molecule has 8 atom stereocenters. The second-order valence-corrected chi connectivity index (χ2v) is 7.75. The van der Waals surface area contributed by atoms with Gasteiger partial charge in [0.1, 0.15) is 18.3 Å². The molecule has 27 heavy (non-hydrogen) atoms. The van der Waals surface area contributed by atoms with Crippen LogP contribution in [0.15, 0.2) is 54.1 Å². The van der Waals surface area contributed by atoms with Gasteiger partial charge < -0.3 is 23.7 Å². The Morgan fingerprint density at radius 2 is 1.70 bits per heavy atom. The molecule has 0 spiro atoms. The van der Waals surface area contributed by atoms with Gasteiger partial charge in [-0.1, -0.05) is 62.4 Å². The number of benzene rings is 1. The highest BCUT2D eigenvalue weighted by Gasteiger charge is 2.58. The van der Waals surface area contributed by atoms with Crippen molar-refractivity contribution in [3.05, 3.63) is 59.7 Å². The van der Waals surface area contributed by atoms with Crippen LogP contribution in [0.3, 0.4) is 0 Å². The van der Waals surface area contributed by atoms with Crippen LogP contribution in [0.5, 0.6) is 0 Å². The van der Waals surface area contributed by atoms with E-state index in [9.17, 15) is 0 Å². The fourth-order valence-corrected chi connectivity index (χ4v) is 4.35. The maximum absolute atomic E-state index is 6.31. The standard InChI is InChI=1S/C22H26O5/c1-3-16-17-18(25-20(23-16)14-9-5-4-6-10-14)19-22(24-17)27-21(26-19)15-11-7-8-13(2)12-15/h4-7,9-13,16-22H,3,8H2,1-2H3. The van der Waals surface area contributed by atoms with Gasteiger partial charge in [0.05, 0.1) is 6.10 Å². The lowest BCUT2D eigenvalue weighted by Gasteiger charge is -2.39. The van der Waals surface area contributed by atoms with E-state index in [1.165, 1.54) is 0 Å². The van der Waals surface area contributed by atoms with E-state index in [2.05, 4.69) is 32.1 Å². The summed E-state index contributed by atoms with van der Waals surface area (Å²) in [6.45, 7) is 4.31. The van der Waals surface area contributed by atoms with Crippen LogP contribution in [0.1, 0.15) is 38.5 Å². The summed E-state index contributed by atoms with van der Waals surface area (Å²) in [5, 5.41) is 0. The first-order valence-electron chi connectivity index (χ1n) is 9.93. The molecule has 0 saturated carbocycles. The average molecular weight is 370 g/mol. The van der Waals surface area contributed by atoms with Crippen molar-refractivity contribution < 1.29 is 23.7 Å². The van der Waals surface area contributed by atoms with Crippen LogP contribution in [0, 0.1) is 5.92 Å². The lowest BCUT2D eigenvalue weighted by molar-refractivity contribution is -0.298. The molecular formula is C22H26O5. The van der Waals surface area contributed by atoms with Gasteiger partial charge in [-0.05, 0) is 18.8 Å². The van der Waals surface area contributed by atoms with Crippen molar-refractivity contribution in [2.75, 3.05) is 0 Å². The summed E-state index contributed by atoms with van der Waals surface area (Å²) < 4.78 is 31.0. The van der Waals surface area contributed by atoms with E-state index in [1.54, 1.807) is 0 Å². The van der Waals surface area contributed by atoms with E-state index in [0.29, 0.717) is 5.92 Å². The zero-order valence-electron chi connectivity index (χ0n) is 15.7. The largest absolute Gasteiger partial charge is 0.342 e. The molecule has 3 heterocycles. The van der Waals surface area contributed by atoms with Gasteiger partial charge in [-0.3, -0.25) is 0 Å². The van der Waals surface area contributed by atoms with Gasteiger partial charge in [-0.15, -0.1) is 0 Å². The predicted octanol–water partition coefficient (Wildman–Crippen LogP) is 3.87. The molecule has 3 fully saturated rings. The van der Waals surface area contributed by atoms with E-state index in [4.69, 9.17) is 23.7 Å². The summed E-state index contributed by atoms with van der Waals surface area (Å²) in [6, 6.07) is 10.0. The number of fused-ring (bicyclic) bond motifs is 3. The molecule has 8 unspecified atom stereocenters. The Hall–Kier alpha value is -1.50. The maximum Gasteiger partial charge on any atom is 0.190 e. The number of ether oxygens (including phenoxy) is 5. The summed E-state index contributed by atoms with van der Waals surface area (Å²) in [4.78, 5) is 0. The Morgan fingerprint density at radius 1 is 0.889 bits per heavy atom. The smallest absolute Gasteiger partial charge is 0.190 e. The molecule has 3 saturated heterocycles. The van der Waals surface area contributed by atoms with E-state index < -0.39 is 12.6 Å². The zero-order chi connectivity index (χ0) is 18.4. The van der Waals surface area contributed by atoms with Gasteiger partial charge in [-0.2, -0.15) is 0 Å². The quantitative estimate of drug-likeness (QED) is 0.808. The molecule has 144 valence electrons. The van der Waals surface area contributed by atoms with Crippen molar-refractivity contribution in [2.24, 2.45) is 5.92 Å². The number of allylic oxidation sites excluding steroid dienone is 2. The second-order valence-electron chi connectivity index (χ2n) is 7.75. The topological polar surface area (TPSA) is 46.2 Å². The van der Waals surface area contributed by atoms with Gasteiger partial charge in [0.15, 0.2) is 18.9 Å². The first kappa shape index (κ1) is 17.6. The first-order valence-corrected chi connectivity index (χ1v) is 9.93. The van der Waals surface area contributed by atoms with E-state index in [0.717, 1.165) is 24.0 Å². The van der Waals surface area contributed by atoms with Crippen LogP contribution >= 0.6 is 0 Å². The highest BCUT2D eigenvalue weighted by Crippen LogP contribution is 2.44. The SMILES string of the molecule is CCC1OC(c2ccccc2)OC2C1OC1OC(C3=CC(C)CC=C3)OC12.